The fourth-order valence-electron chi connectivity index (χ4n) is 8.62. The van der Waals surface area contributed by atoms with Crippen molar-refractivity contribution < 1.29 is 41.6 Å². The van der Waals surface area contributed by atoms with Gasteiger partial charge in [0.25, 0.3) is 5.91 Å². The number of hydrogen-bond donors (Lipinski definition) is 1. The van der Waals surface area contributed by atoms with E-state index in [2.05, 4.69) is 16.2 Å². The molecule has 63 heavy (non-hydrogen) atoms. The normalized spacial score (nSPS) is 22.4. The molecule has 4 heterocycles. The van der Waals surface area contributed by atoms with Crippen molar-refractivity contribution in [1.29, 1.82) is 5.26 Å². The molecule has 1 N–H and O–H groups in total. The van der Waals surface area contributed by atoms with Crippen molar-refractivity contribution in [3.05, 3.63) is 106 Å². The number of fused-ring (bicyclic) bond motifs is 2. The molecule has 0 aliphatic carbocycles. The van der Waals surface area contributed by atoms with E-state index in [1.54, 1.807) is 9.80 Å². The fraction of sp³-hybridized carbons (Fsp3) is 0.435. The van der Waals surface area contributed by atoms with Gasteiger partial charge in [-0.1, -0.05) is 87.0 Å². The molecule has 0 spiro atoms. The summed E-state index contributed by atoms with van der Waals surface area (Å²) in [7, 11) is -5.38. The Morgan fingerprint density at radius 1 is 1.03 bits per heavy atom. The van der Waals surface area contributed by atoms with Crippen LogP contribution in [0.3, 0.4) is 0 Å². The van der Waals surface area contributed by atoms with Gasteiger partial charge in [-0.3, -0.25) is 23.7 Å². The molecule has 17 heteroatoms. The predicted octanol–water partition coefficient (Wildman–Crippen LogP) is 9.89. The van der Waals surface area contributed by atoms with Gasteiger partial charge in [0.15, 0.2) is 10.8 Å². The van der Waals surface area contributed by atoms with Gasteiger partial charge >= 0.3 is 13.3 Å². The maximum atomic E-state index is 16.6. The lowest BCUT2D eigenvalue weighted by Gasteiger charge is -2.36. The summed E-state index contributed by atoms with van der Waals surface area (Å²) >= 11 is 1.93. The zero-order valence-electron chi connectivity index (χ0n) is 34.9. The fourth-order valence-corrected chi connectivity index (χ4v) is 12.0. The number of benzene rings is 3. The summed E-state index contributed by atoms with van der Waals surface area (Å²) in [6, 6.07) is 20.5. The van der Waals surface area contributed by atoms with Crippen molar-refractivity contribution >= 4 is 69.3 Å². The number of alkyl halides is 2. The molecule has 12 nitrogen and oxygen atoms in total. The first-order valence-electron chi connectivity index (χ1n) is 21.1. The molecule has 3 aliphatic heterocycles. The van der Waals surface area contributed by atoms with E-state index < -0.39 is 43.4 Å². The van der Waals surface area contributed by atoms with Crippen LogP contribution in [0.5, 0.6) is 5.75 Å². The number of thiophene rings is 1. The average Bonchev–Trinajstić information content (AvgIpc) is 4.02. The summed E-state index contributed by atoms with van der Waals surface area (Å²) in [6.07, 6.45) is 3.98. The molecule has 1 aromatic heterocycles. The van der Waals surface area contributed by atoms with Crippen molar-refractivity contribution in [2.75, 3.05) is 25.4 Å². The Morgan fingerprint density at radius 2 is 1.81 bits per heavy atom. The van der Waals surface area contributed by atoms with Crippen LogP contribution in [-0.4, -0.2) is 76.2 Å². The van der Waals surface area contributed by atoms with E-state index in [-0.39, 0.29) is 81.1 Å². The van der Waals surface area contributed by atoms with Crippen LogP contribution in [0.15, 0.2) is 78.9 Å². The molecule has 6 atom stereocenters. The van der Waals surface area contributed by atoms with Crippen molar-refractivity contribution in [3.63, 3.8) is 0 Å². The number of halogens is 2. The van der Waals surface area contributed by atoms with Crippen LogP contribution >= 0.6 is 30.7 Å². The van der Waals surface area contributed by atoms with Gasteiger partial charge in [0, 0.05) is 47.5 Å². The minimum Gasteiger partial charge on any atom is -0.422 e. The van der Waals surface area contributed by atoms with Gasteiger partial charge in [-0.05, 0) is 72.9 Å². The highest BCUT2D eigenvalue weighted by atomic mass is 32.2. The molecule has 4 aromatic rings. The Morgan fingerprint density at radius 3 is 2.56 bits per heavy atom. The zero-order chi connectivity index (χ0) is 44.9. The number of rotatable bonds is 14. The molecule has 3 amide bonds. The van der Waals surface area contributed by atoms with E-state index >= 15 is 8.78 Å². The van der Waals surface area contributed by atoms with Gasteiger partial charge in [-0.15, -0.1) is 11.3 Å². The molecule has 330 valence electrons. The quantitative estimate of drug-likeness (QED) is 0.0741. The smallest absolute Gasteiger partial charge is 0.422 e. The Labute approximate surface area is 373 Å². The molecule has 0 saturated carbocycles. The minimum atomic E-state index is -5.38. The monoisotopic (exact) mass is 915 g/mol. The van der Waals surface area contributed by atoms with Crippen LogP contribution in [-0.2, 0) is 29.1 Å². The van der Waals surface area contributed by atoms with Gasteiger partial charge in [0.1, 0.15) is 17.8 Å². The first-order valence-corrected chi connectivity index (χ1v) is 24.4. The molecular weight excluding hydrogens is 868 g/mol. The number of carbonyl (C=O) groups is 4. The molecule has 3 aliphatic rings. The van der Waals surface area contributed by atoms with Crippen LogP contribution in [0.1, 0.15) is 85.5 Å². The second-order valence-electron chi connectivity index (χ2n) is 16.6. The summed E-state index contributed by atoms with van der Waals surface area (Å²) in [5.41, 5.74) is -3.86. The Kier molecular flexibility index (Phi) is 14.4. The largest absolute Gasteiger partial charge is 0.453 e. The molecule has 3 saturated heterocycles. The number of hydrogen-bond acceptors (Lipinski definition) is 10. The van der Waals surface area contributed by atoms with Crippen molar-refractivity contribution in [2.45, 2.75) is 88.5 Å². The second kappa shape index (κ2) is 19.7. The SMILES string of the molecule is [C-]#[N+]c1cccc(OP(=O)(OCCSC(=O)CC(C)C)C(F)(F)c2ccc3sc(C(=O)N[C@H]4CCCC[C@H]5CC[C@@H](C(=O)N6C[C@H](c7ccccc7)[C@@H](C#N)C6)N5C4=O)cc3c2)c1. The highest BCUT2D eigenvalue weighted by molar-refractivity contribution is 8.13. The highest BCUT2D eigenvalue weighted by Crippen LogP contribution is 2.66. The third kappa shape index (κ3) is 10.2. The number of nitrogens with zero attached hydrogens (tertiary/aromatic N) is 4. The van der Waals surface area contributed by atoms with E-state index in [0.29, 0.717) is 36.9 Å². The van der Waals surface area contributed by atoms with Crippen LogP contribution in [0.4, 0.5) is 14.5 Å². The zero-order valence-corrected chi connectivity index (χ0v) is 37.4. The Bertz CT molecular complexity index is 2490. The van der Waals surface area contributed by atoms with Gasteiger partial charge in [0.05, 0.1) is 30.0 Å². The maximum absolute atomic E-state index is 16.6. The van der Waals surface area contributed by atoms with Gasteiger partial charge in [-0.25, -0.2) is 9.41 Å². The third-order valence-electron chi connectivity index (χ3n) is 11.7. The number of carbonyl (C=O) groups excluding carboxylic acids is 4. The molecule has 7 rings (SSSR count). The van der Waals surface area contributed by atoms with Crippen molar-refractivity contribution in [1.82, 2.24) is 15.1 Å². The first-order chi connectivity index (χ1) is 30.2. The van der Waals surface area contributed by atoms with Crippen LogP contribution in [0.2, 0.25) is 0 Å². The highest BCUT2D eigenvalue weighted by Gasteiger charge is 2.57. The summed E-state index contributed by atoms with van der Waals surface area (Å²) in [5, 5.41) is 12.9. The summed E-state index contributed by atoms with van der Waals surface area (Å²) in [5.74, 6) is -1.85. The van der Waals surface area contributed by atoms with E-state index in [9.17, 15) is 29.0 Å². The van der Waals surface area contributed by atoms with Crippen molar-refractivity contribution in [3.8, 4) is 11.8 Å². The maximum Gasteiger partial charge on any atom is 0.453 e. The molecule has 3 fully saturated rings. The summed E-state index contributed by atoms with van der Waals surface area (Å²) < 4.78 is 58.6. The van der Waals surface area contributed by atoms with Crippen LogP contribution < -0.4 is 9.84 Å². The lowest BCUT2D eigenvalue weighted by molar-refractivity contribution is -0.146. The van der Waals surface area contributed by atoms with Gasteiger partial charge in [-0.2, -0.15) is 14.0 Å². The number of nitriles is 1. The minimum absolute atomic E-state index is 0.0472. The number of thioether (sulfide) groups is 1. The van der Waals surface area contributed by atoms with Gasteiger partial charge in [0.2, 0.25) is 11.8 Å². The Balaban J connectivity index is 1.07. The summed E-state index contributed by atoms with van der Waals surface area (Å²) in [4.78, 5) is 61.5. The van der Waals surface area contributed by atoms with E-state index in [4.69, 9.17) is 15.6 Å². The topological polar surface area (TPSA) is 150 Å². The predicted molar refractivity (Wildman–Crippen MR) is 238 cm³/mol. The number of nitrogens with one attached hydrogen (secondary N) is 1. The first kappa shape index (κ1) is 45.9. The molecular formula is C46H48F2N5O7PS2. The average molecular weight is 916 g/mol. The third-order valence-corrected chi connectivity index (χ3v) is 15.6. The van der Waals surface area contributed by atoms with Gasteiger partial charge < -0.3 is 19.6 Å². The molecule has 3 aromatic carbocycles. The molecule has 1 unspecified atom stereocenters. The van der Waals surface area contributed by atoms with E-state index in [1.165, 1.54) is 36.4 Å². The van der Waals surface area contributed by atoms with Crippen molar-refractivity contribution in [2.24, 2.45) is 11.8 Å². The lowest BCUT2D eigenvalue weighted by Crippen LogP contribution is -2.56. The number of amides is 3. The second-order valence-corrected chi connectivity index (χ2v) is 20.8. The number of likely N-dealkylation sites (tertiary alicyclic amines) is 1. The molecule has 0 radical (unpaired) electrons. The van der Waals surface area contributed by atoms with E-state index in [0.717, 1.165) is 53.6 Å². The van der Waals surface area contributed by atoms with Crippen LogP contribution in [0.25, 0.3) is 14.9 Å². The summed E-state index contributed by atoms with van der Waals surface area (Å²) in [6.45, 7) is 11.2. The lowest BCUT2D eigenvalue weighted by atomic mass is 9.90. The standard InChI is InChI=1S/C46H48F2N5O7PS2/c1-29(2)22-42(54)62-21-20-59-61(58,60-36-14-9-12-34(25-36)50-3)46(47,48)33-16-19-40-31(23-33)24-41(63-40)43(55)51-38-15-8-7-13-35-17-18-39(53(35)44(38)56)45(57)52-27-32(26-49)37(28-52)30-10-5-4-6-11-30/h4-6,9-12,14,16,19,23-25,29,32,35,37-39H,7-8,13,15,17-18,20-22,27-28H2,1-2H3,(H,51,55)/t32-,35-,37+,38-,39-,61?/m0/s1. The molecule has 0 bridgehead atoms. The van der Waals surface area contributed by atoms with E-state index in [1.807, 2.05) is 44.2 Å². The van der Waals surface area contributed by atoms with Crippen LogP contribution in [0, 0.1) is 29.7 Å². The Hall–Kier alpha value is -5.12.